The van der Waals surface area contributed by atoms with Crippen LogP contribution in [-0.4, -0.2) is 10.9 Å². The van der Waals surface area contributed by atoms with Gasteiger partial charge in [0.15, 0.2) is 0 Å². The zero-order valence-electron chi connectivity index (χ0n) is 13.2. The number of aromatic nitrogens is 1. The largest absolute Gasteiger partial charge is 0.354 e. The van der Waals surface area contributed by atoms with Crippen LogP contribution < -0.4 is 10.6 Å². The Labute approximate surface area is 155 Å². The second-order valence-corrected chi connectivity index (χ2v) is 6.18. The maximum absolute atomic E-state index is 12.2. The summed E-state index contributed by atoms with van der Waals surface area (Å²) in [6.45, 7) is 0.352. The lowest BCUT2D eigenvalue weighted by molar-refractivity contribution is 0.0946. The molecule has 2 aromatic carbocycles. The molecule has 126 valence electrons. The molecule has 0 saturated heterocycles. The Bertz CT molecular complexity index is 865. The molecule has 1 heterocycles. The van der Waals surface area contributed by atoms with E-state index in [0.717, 1.165) is 16.9 Å². The third-order valence-corrected chi connectivity index (χ3v) is 4.15. The Morgan fingerprint density at radius 2 is 1.64 bits per heavy atom. The normalized spacial score (nSPS) is 10.3. The highest BCUT2D eigenvalue weighted by Gasteiger charge is 2.08. The number of hydrogen-bond donors (Lipinski definition) is 2. The molecule has 0 aliphatic carbocycles. The van der Waals surface area contributed by atoms with E-state index in [1.807, 2.05) is 30.3 Å². The van der Waals surface area contributed by atoms with Gasteiger partial charge in [-0.2, -0.15) is 0 Å². The van der Waals surface area contributed by atoms with Crippen LogP contribution in [-0.2, 0) is 6.54 Å². The van der Waals surface area contributed by atoms with Gasteiger partial charge in [-0.1, -0.05) is 41.4 Å². The first kappa shape index (κ1) is 17.3. The van der Waals surface area contributed by atoms with Crippen molar-refractivity contribution >= 4 is 40.5 Å². The average molecular weight is 372 g/mol. The molecule has 1 aromatic heterocycles. The second kappa shape index (κ2) is 8.01. The molecule has 0 aliphatic rings. The number of hydrogen-bond acceptors (Lipinski definition) is 3. The average Bonchev–Trinajstić information content (AvgIpc) is 2.63. The van der Waals surface area contributed by atoms with Crippen LogP contribution in [0.4, 0.5) is 11.4 Å². The van der Waals surface area contributed by atoms with Crippen LogP contribution in [0.1, 0.15) is 16.1 Å². The van der Waals surface area contributed by atoms with E-state index in [2.05, 4.69) is 15.6 Å². The predicted molar refractivity (Wildman–Crippen MR) is 102 cm³/mol. The molecule has 0 saturated carbocycles. The minimum absolute atomic E-state index is 0.252. The van der Waals surface area contributed by atoms with Crippen molar-refractivity contribution in [1.82, 2.24) is 10.3 Å². The van der Waals surface area contributed by atoms with Gasteiger partial charge in [0.2, 0.25) is 0 Å². The molecule has 3 aromatic rings. The molecule has 0 fully saturated rings. The molecule has 0 aliphatic heterocycles. The summed E-state index contributed by atoms with van der Waals surface area (Å²) in [5.74, 6) is -0.252. The number of carbonyl (C=O) groups excluding carboxylic acids is 1. The molecule has 0 spiro atoms. The van der Waals surface area contributed by atoms with Crippen molar-refractivity contribution in [3.8, 4) is 0 Å². The Kier molecular flexibility index (Phi) is 5.53. The fourth-order valence-electron chi connectivity index (χ4n) is 2.21. The number of pyridine rings is 1. The van der Waals surface area contributed by atoms with E-state index in [-0.39, 0.29) is 5.91 Å². The molecule has 0 unspecified atom stereocenters. The number of nitrogens with zero attached hydrogens (tertiary/aromatic N) is 1. The van der Waals surface area contributed by atoms with Crippen LogP contribution in [0.25, 0.3) is 0 Å². The molecule has 1 amide bonds. The number of nitrogens with one attached hydrogen (secondary N) is 2. The maximum atomic E-state index is 12.2. The maximum Gasteiger partial charge on any atom is 0.270 e. The Morgan fingerprint density at radius 3 is 2.32 bits per heavy atom. The van der Waals surface area contributed by atoms with E-state index in [9.17, 15) is 4.79 Å². The smallest absolute Gasteiger partial charge is 0.270 e. The van der Waals surface area contributed by atoms with Gasteiger partial charge in [0.05, 0.1) is 11.9 Å². The third-order valence-electron chi connectivity index (χ3n) is 3.53. The number of halogens is 2. The Balaban J connectivity index is 1.60. The first-order valence-electron chi connectivity index (χ1n) is 7.62. The number of rotatable bonds is 5. The molecule has 6 heteroatoms. The highest BCUT2D eigenvalue weighted by molar-refractivity contribution is 6.31. The molecular weight excluding hydrogens is 357 g/mol. The van der Waals surface area contributed by atoms with Gasteiger partial charge in [-0.25, -0.2) is 4.98 Å². The monoisotopic (exact) mass is 371 g/mol. The minimum Gasteiger partial charge on any atom is -0.354 e. The van der Waals surface area contributed by atoms with Gasteiger partial charge in [-0.05, 0) is 48.0 Å². The van der Waals surface area contributed by atoms with E-state index >= 15 is 0 Å². The van der Waals surface area contributed by atoms with Crippen LogP contribution in [0.3, 0.4) is 0 Å². The van der Waals surface area contributed by atoms with Crippen molar-refractivity contribution in [3.63, 3.8) is 0 Å². The van der Waals surface area contributed by atoms with Crippen molar-refractivity contribution < 1.29 is 4.79 Å². The van der Waals surface area contributed by atoms with Crippen molar-refractivity contribution in [1.29, 1.82) is 0 Å². The second-order valence-electron chi connectivity index (χ2n) is 5.34. The van der Waals surface area contributed by atoms with Crippen LogP contribution in [0, 0.1) is 0 Å². The zero-order chi connectivity index (χ0) is 17.6. The first-order chi connectivity index (χ1) is 12.1. The summed E-state index contributed by atoms with van der Waals surface area (Å²) in [4.78, 5) is 16.4. The van der Waals surface area contributed by atoms with Crippen LogP contribution in [0.15, 0.2) is 66.9 Å². The van der Waals surface area contributed by atoms with Crippen molar-refractivity contribution in [2.75, 3.05) is 5.32 Å². The summed E-state index contributed by atoms with van der Waals surface area (Å²) in [7, 11) is 0. The SMILES string of the molecule is O=C(NCc1ccccc1Cl)c1ccc(Nc2ccc(Cl)cc2)cn1. The van der Waals surface area contributed by atoms with Gasteiger partial charge in [-0.15, -0.1) is 0 Å². The lowest BCUT2D eigenvalue weighted by atomic mass is 10.2. The summed E-state index contributed by atoms with van der Waals surface area (Å²) in [5.41, 5.74) is 2.87. The van der Waals surface area contributed by atoms with Crippen LogP contribution >= 0.6 is 23.2 Å². The lowest BCUT2D eigenvalue weighted by Crippen LogP contribution is -2.23. The minimum atomic E-state index is -0.252. The molecule has 0 bridgehead atoms. The summed E-state index contributed by atoms with van der Waals surface area (Å²) < 4.78 is 0. The Hall–Kier alpha value is -2.56. The molecular formula is C19H15Cl2N3O. The van der Waals surface area contributed by atoms with Gasteiger partial charge < -0.3 is 10.6 Å². The standard InChI is InChI=1S/C19H15Cl2N3O/c20-14-5-7-15(8-6-14)24-16-9-10-18(22-12-16)19(25)23-11-13-3-1-2-4-17(13)21/h1-10,12,24H,11H2,(H,23,25). The highest BCUT2D eigenvalue weighted by Crippen LogP contribution is 2.18. The number of benzene rings is 2. The molecule has 0 atom stereocenters. The van der Waals surface area contributed by atoms with Crippen LogP contribution in [0.5, 0.6) is 0 Å². The Morgan fingerprint density at radius 1 is 0.920 bits per heavy atom. The van der Waals surface area contributed by atoms with E-state index in [4.69, 9.17) is 23.2 Å². The summed E-state index contributed by atoms with van der Waals surface area (Å²) in [5, 5.41) is 7.30. The topological polar surface area (TPSA) is 54.0 Å². The lowest BCUT2D eigenvalue weighted by Gasteiger charge is -2.08. The summed E-state index contributed by atoms with van der Waals surface area (Å²) in [6, 6.07) is 18.2. The summed E-state index contributed by atoms with van der Waals surface area (Å²) in [6.07, 6.45) is 1.61. The number of carbonyl (C=O) groups is 1. The van der Waals surface area contributed by atoms with Gasteiger partial charge >= 0.3 is 0 Å². The fourth-order valence-corrected chi connectivity index (χ4v) is 2.54. The van der Waals surface area contributed by atoms with Crippen molar-refractivity contribution in [2.24, 2.45) is 0 Å². The first-order valence-corrected chi connectivity index (χ1v) is 8.38. The van der Waals surface area contributed by atoms with Gasteiger partial charge in [-0.3, -0.25) is 4.79 Å². The third kappa shape index (κ3) is 4.72. The van der Waals surface area contributed by atoms with E-state index in [1.165, 1.54) is 0 Å². The van der Waals surface area contributed by atoms with E-state index in [0.29, 0.717) is 22.3 Å². The summed E-state index contributed by atoms with van der Waals surface area (Å²) >= 11 is 11.9. The van der Waals surface area contributed by atoms with Crippen LogP contribution in [0.2, 0.25) is 10.0 Å². The van der Waals surface area contributed by atoms with E-state index in [1.54, 1.807) is 36.5 Å². The number of anilines is 2. The quantitative estimate of drug-likeness (QED) is 0.658. The molecule has 4 nitrogen and oxygen atoms in total. The van der Waals surface area contributed by atoms with Gasteiger partial charge in [0.1, 0.15) is 5.69 Å². The fraction of sp³-hybridized carbons (Fsp3) is 0.0526. The molecule has 3 rings (SSSR count). The molecule has 2 N–H and O–H groups in total. The van der Waals surface area contributed by atoms with Gasteiger partial charge in [0, 0.05) is 22.3 Å². The van der Waals surface area contributed by atoms with Crippen molar-refractivity contribution in [2.45, 2.75) is 6.54 Å². The number of amides is 1. The molecule has 0 radical (unpaired) electrons. The van der Waals surface area contributed by atoms with E-state index < -0.39 is 0 Å². The van der Waals surface area contributed by atoms with Crippen molar-refractivity contribution in [3.05, 3.63) is 88.2 Å². The molecule has 25 heavy (non-hydrogen) atoms. The zero-order valence-corrected chi connectivity index (χ0v) is 14.7. The van der Waals surface area contributed by atoms with Gasteiger partial charge in [0.25, 0.3) is 5.91 Å². The highest BCUT2D eigenvalue weighted by atomic mass is 35.5. The predicted octanol–water partition coefficient (Wildman–Crippen LogP) is 5.06.